The van der Waals surface area contributed by atoms with Gasteiger partial charge in [0.2, 0.25) is 10.0 Å². The fraction of sp³-hybridized carbons (Fsp3) is 0.625. The molecule has 0 spiro atoms. The molecule has 9 heteroatoms. The van der Waals surface area contributed by atoms with E-state index >= 15 is 0 Å². The van der Waals surface area contributed by atoms with Gasteiger partial charge in [0.1, 0.15) is 5.69 Å². The van der Waals surface area contributed by atoms with Crippen molar-refractivity contribution in [1.29, 1.82) is 0 Å². The molecule has 1 aromatic rings. The Morgan fingerprint density at radius 3 is 2.40 bits per heavy atom. The van der Waals surface area contributed by atoms with Gasteiger partial charge >= 0.3 is 5.97 Å². The summed E-state index contributed by atoms with van der Waals surface area (Å²) in [4.78, 5) is 27.1. The Bertz CT molecular complexity index is 761. The Morgan fingerprint density at radius 2 is 1.88 bits per heavy atom. The molecule has 25 heavy (non-hydrogen) atoms. The molecule has 1 aromatic heterocycles. The Morgan fingerprint density at radius 1 is 1.28 bits per heavy atom. The van der Waals surface area contributed by atoms with Gasteiger partial charge in [-0.25, -0.2) is 17.5 Å². The van der Waals surface area contributed by atoms with Crippen molar-refractivity contribution >= 4 is 21.9 Å². The predicted molar refractivity (Wildman–Crippen MR) is 93.1 cm³/mol. The van der Waals surface area contributed by atoms with Crippen molar-refractivity contribution in [1.82, 2.24) is 14.6 Å². The van der Waals surface area contributed by atoms with Crippen molar-refractivity contribution in [3.05, 3.63) is 22.5 Å². The summed E-state index contributed by atoms with van der Waals surface area (Å²) in [5.74, 6) is -0.516. The Labute approximate surface area is 148 Å². The Hall–Kier alpha value is -1.87. The molecule has 1 aliphatic heterocycles. The fourth-order valence-electron chi connectivity index (χ4n) is 3.16. The lowest BCUT2D eigenvalue weighted by atomic mass is 9.98. The van der Waals surface area contributed by atoms with Crippen LogP contribution in [-0.4, -0.2) is 62.6 Å². The van der Waals surface area contributed by atoms with Gasteiger partial charge in [-0.15, -0.1) is 0 Å². The Kier molecular flexibility index (Phi) is 5.89. The van der Waals surface area contributed by atoms with Crippen LogP contribution in [0.5, 0.6) is 0 Å². The van der Waals surface area contributed by atoms with E-state index in [1.807, 2.05) is 0 Å². The molecular weight excluding hydrogens is 346 g/mol. The molecule has 8 nitrogen and oxygen atoms in total. The second-order valence-electron chi connectivity index (χ2n) is 6.43. The number of aromatic nitrogens is 1. The van der Waals surface area contributed by atoms with Crippen molar-refractivity contribution in [2.45, 2.75) is 26.7 Å². The quantitative estimate of drug-likeness (QED) is 0.745. The standard InChI is InChI=1S/C16H25N3O5S/c1-10-13(16(21)24-3)11(2)18-14(10)15(20)17-9-12-5-7-19(8-6-12)25(4,22)23/h12,18H,5-9H2,1-4H3,(H,17,20). The number of H-pyrrole nitrogens is 1. The summed E-state index contributed by atoms with van der Waals surface area (Å²) in [5, 5.41) is 2.87. The molecule has 1 fully saturated rings. The van der Waals surface area contributed by atoms with Crippen molar-refractivity contribution < 1.29 is 22.7 Å². The van der Waals surface area contributed by atoms with Crippen LogP contribution in [0.15, 0.2) is 0 Å². The third-order valence-corrected chi connectivity index (χ3v) is 5.95. The molecule has 2 N–H and O–H groups in total. The number of ether oxygens (including phenoxy) is 1. The van der Waals surface area contributed by atoms with E-state index in [2.05, 4.69) is 10.3 Å². The molecule has 0 aromatic carbocycles. The molecule has 2 rings (SSSR count). The summed E-state index contributed by atoms with van der Waals surface area (Å²) in [6.07, 6.45) is 2.64. The van der Waals surface area contributed by atoms with Gasteiger partial charge in [-0.05, 0) is 38.2 Å². The van der Waals surface area contributed by atoms with Crippen LogP contribution in [0, 0.1) is 19.8 Å². The molecule has 0 saturated carbocycles. The predicted octanol–water partition coefficient (Wildman–Crippen LogP) is 0.820. The van der Waals surface area contributed by atoms with Gasteiger partial charge in [0, 0.05) is 25.3 Å². The van der Waals surface area contributed by atoms with E-state index in [0.29, 0.717) is 55.0 Å². The number of aryl methyl sites for hydroxylation is 1. The summed E-state index contributed by atoms with van der Waals surface area (Å²) in [6, 6.07) is 0. The van der Waals surface area contributed by atoms with Crippen LogP contribution in [-0.2, 0) is 14.8 Å². The number of sulfonamides is 1. The molecule has 0 aliphatic carbocycles. The number of nitrogens with one attached hydrogen (secondary N) is 2. The van der Waals surface area contributed by atoms with Gasteiger partial charge in [0.05, 0.1) is 18.9 Å². The van der Waals surface area contributed by atoms with E-state index in [4.69, 9.17) is 4.74 Å². The highest BCUT2D eigenvalue weighted by Crippen LogP contribution is 2.20. The van der Waals surface area contributed by atoms with Crippen LogP contribution in [0.4, 0.5) is 0 Å². The normalized spacial score (nSPS) is 16.6. The zero-order valence-corrected chi connectivity index (χ0v) is 15.8. The second kappa shape index (κ2) is 7.57. The zero-order valence-electron chi connectivity index (χ0n) is 15.0. The van der Waals surface area contributed by atoms with Crippen LogP contribution in [0.25, 0.3) is 0 Å². The van der Waals surface area contributed by atoms with Gasteiger partial charge in [-0.2, -0.15) is 0 Å². The van der Waals surface area contributed by atoms with Crippen LogP contribution < -0.4 is 5.32 Å². The highest BCUT2D eigenvalue weighted by molar-refractivity contribution is 7.88. The maximum Gasteiger partial charge on any atom is 0.339 e. The molecule has 0 unspecified atom stereocenters. The number of methoxy groups -OCH3 is 1. The van der Waals surface area contributed by atoms with E-state index in [-0.39, 0.29) is 11.8 Å². The number of carbonyl (C=O) groups is 2. The lowest BCUT2D eigenvalue weighted by Crippen LogP contribution is -2.41. The van der Waals surface area contributed by atoms with Crippen LogP contribution >= 0.6 is 0 Å². The molecule has 0 atom stereocenters. The first kappa shape index (κ1) is 19.5. The van der Waals surface area contributed by atoms with Crippen molar-refractivity contribution in [2.75, 3.05) is 33.0 Å². The number of aromatic amines is 1. The monoisotopic (exact) mass is 371 g/mol. The summed E-state index contributed by atoms with van der Waals surface area (Å²) < 4.78 is 29.2. The molecular formula is C16H25N3O5S. The lowest BCUT2D eigenvalue weighted by molar-refractivity contribution is 0.0599. The minimum absolute atomic E-state index is 0.235. The van der Waals surface area contributed by atoms with Gasteiger partial charge < -0.3 is 15.0 Å². The van der Waals surface area contributed by atoms with Gasteiger partial charge in [0.25, 0.3) is 5.91 Å². The number of carbonyl (C=O) groups excluding carboxylic acids is 2. The van der Waals surface area contributed by atoms with Crippen molar-refractivity contribution in [3.63, 3.8) is 0 Å². The molecule has 1 saturated heterocycles. The highest BCUT2D eigenvalue weighted by atomic mass is 32.2. The topological polar surface area (TPSA) is 109 Å². The van der Waals surface area contributed by atoms with Gasteiger partial charge in [0.15, 0.2) is 0 Å². The Balaban J connectivity index is 1.95. The zero-order chi connectivity index (χ0) is 18.8. The summed E-state index contributed by atoms with van der Waals surface area (Å²) >= 11 is 0. The van der Waals surface area contributed by atoms with E-state index in [0.717, 1.165) is 0 Å². The number of hydrogen-bond donors (Lipinski definition) is 2. The highest BCUT2D eigenvalue weighted by Gasteiger charge is 2.26. The minimum atomic E-state index is -3.14. The third-order valence-electron chi connectivity index (χ3n) is 4.65. The molecule has 1 amide bonds. The fourth-order valence-corrected chi connectivity index (χ4v) is 4.03. The summed E-state index contributed by atoms with van der Waals surface area (Å²) in [6.45, 7) is 4.85. The molecule has 1 aliphatic rings. The first-order valence-corrected chi connectivity index (χ1v) is 10.0. The average molecular weight is 371 g/mol. The number of esters is 1. The minimum Gasteiger partial charge on any atom is -0.465 e. The first-order chi connectivity index (χ1) is 11.6. The molecule has 2 heterocycles. The third kappa shape index (κ3) is 4.40. The first-order valence-electron chi connectivity index (χ1n) is 8.16. The molecule has 0 bridgehead atoms. The van der Waals surface area contributed by atoms with Gasteiger partial charge in [-0.3, -0.25) is 4.79 Å². The van der Waals surface area contributed by atoms with E-state index in [1.165, 1.54) is 17.7 Å². The van der Waals surface area contributed by atoms with Crippen LogP contribution in [0.2, 0.25) is 0 Å². The number of hydrogen-bond acceptors (Lipinski definition) is 5. The van der Waals surface area contributed by atoms with Crippen LogP contribution in [0.3, 0.4) is 0 Å². The van der Waals surface area contributed by atoms with E-state index < -0.39 is 16.0 Å². The number of piperidine rings is 1. The van der Waals surface area contributed by atoms with E-state index in [9.17, 15) is 18.0 Å². The van der Waals surface area contributed by atoms with E-state index in [1.54, 1.807) is 13.8 Å². The molecule has 0 radical (unpaired) electrons. The summed E-state index contributed by atoms with van der Waals surface area (Å²) in [7, 11) is -1.84. The van der Waals surface area contributed by atoms with Crippen molar-refractivity contribution in [2.24, 2.45) is 5.92 Å². The van der Waals surface area contributed by atoms with Crippen molar-refractivity contribution in [3.8, 4) is 0 Å². The van der Waals surface area contributed by atoms with Crippen LogP contribution in [0.1, 0.15) is 44.9 Å². The number of rotatable bonds is 5. The summed E-state index contributed by atoms with van der Waals surface area (Å²) in [5.41, 5.74) is 1.89. The maximum atomic E-state index is 12.4. The number of amides is 1. The second-order valence-corrected chi connectivity index (χ2v) is 8.41. The SMILES string of the molecule is COC(=O)c1c(C)[nH]c(C(=O)NCC2CCN(S(C)(=O)=O)CC2)c1C. The average Bonchev–Trinajstić information content (AvgIpc) is 2.86. The molecule has 140 valence electrons. The lowest BCUT2D eigenvalue weighted by Gasteiger charge is -2.30. The maximum absolute atomic E-state index is 12.4. The largest absolute Gasteiger partial charge is 0.465 e. The smallest absolute Gasteiger partial charge is 0.339 e. The van der Waals surface area contributed by atoms with Gasteiger partial charge in [-0.1, -0.05) is 0 Å². The number of nitrogens with zero attached hydrogens (tertiary/aromatic N) is 1.